The molecule has 0 fully saturated rings. The van der Waals surface area contributed by atoms with E-state index >= 15 is 0 Å². The Kier molecular flexibility index (Phi) is 3.58. The number of rotatable bonds is 2. The van der Waals surface area contributed by atoms with Gasteiger partial charge in [0.1, 0.15) is 5.82 Å². The number of para-hydroxylation sites is 1. The minimum absolute atomic E-state index is 0.193. The monoisotopic (exact) mass is 339 g/mol. The average Bonchev–Trinajstić information content (AvgIpc) is 2.33. The van der Waals surface area contributed by atoms with Crippen LogP contribution in [-0.4, -0.2) is 10.9 Å². The highest BCUT2D eigenvalue weighted by atomic mass is 127. The molecule has 0 saturated carbocycles. The number of benzene rings is 1. The van der Waals surface area contributed by atoms with Gasteiger partial charge in [0, 0.05) is 9.77 Å². The van der Waals surface area contributed by atoms with Crippen LogP contribution in [-0.2, 0) is 0 Å². The Hall–Kier alpha value is -1.63. The van der Waals surface area contributed by atoms with Gasteiger partial charge < -0.3 is 11.1 Å². The fraction of sp³-hybridized carbons (Fsp3) is 0. The molecule has 0 radical (unpaired) electrons. The molecule has 1 aromatic carbocycles. The quantitative estimate of drug-likeness (QED) is 0.827. The van der Waals surface area contributed by atoms with Gasteiger partial charge in [0.2, 0.25) is 0 Å². The number of halogens is 1. The molecule has 0 aliphatic carbocycles. The minimum Gasteiger partial charge on any atom is -0.384 e. The number of carbonyl (C=O) groups is 1. The average molecular weight is 339 g/mol. The zero-order chi connectivity index (χ0) is 12.3. The van der Waals surface area contributed by atoms with Gasteiger partial charge in [0.25, 0.3) is 5.91 Å². The topological polar surface area (TPSA) is 68.0 Å². The molecule has 2 aromatic rings. The number of pyridine rings is 1. The summed E-state index contributed by atoms with van der Waals surface area (Å²) in [5.41, 5.74) is 6.73. The lowest BCUT2D eigenvalue weighted by Gasteiger charge is -2.06. The van der Waals surface area contributed by atoms with E-state index in [1.807, 2.05) is 24.3 Å². The standard InChI is InChI=1S/C12H10IN3O/c13-9-3-1-2-4-10(9)16-12(17)8-5-6-11(14)15-7-8/h1-7H,(H2,14,15)(H,16,17). The van der Waals surface area contributed by atoms with Gasteiger partial charge in [-0.3, -0.25) is 4.79 Å². The lowest BCUT2D eigenvalue weighted by atomic mass is 10.2. The third-order valence-corrected chi connectivity index (χ3v) is 3.11. The second-order valence-electron chi connectivity index (χ2n) is 3.41. The SMILES string of the molecule is Nc1ccc(C(=O)Nc2ccccc2I)cn1. The summed E-state index contributed by atoms with van der Waals surface area (Å²) in [5, 5.41) is 2.82. The van der Waals surface area contributed by atoms with Gasteiger partial charge >= 0.3 is 0 Å². The molecule has 1 amide bonds. The molecule has 86 valence electrons. The molecular formula is C12H10IN3O. The summed E-state index contributed by atoms with van der Waals surface area (Å²) in [4.78, 5) is 15.8. The highest BCUT2D eigenvalue weighted by Crippen LogP contribution is 2.17. The molecule has 1 heterocycles. The zero-order valence-electron chi connectivity index (χ0n) is 8.85. The van der Waals surface area contributed by atoms with Crippen LogP contribution < -0.4 is 11.1 Å². The Balaban J connectivity index is 2.17. The number of carbonyl (C=O) groups excluding carboxylic acids is 1. The van der Waals surface area contributed by atoms with Gasteiger partial charge in [0.15, 0.2) is 0 Å². The molecule has 0 aliphatic heterocycles. The van der Waals surface area contributed by atoms with E-state index < -0.39 is 0 Å². The van der Waals surface area contributed by atoms with Gasteiger partial charge in [0.05, 0.1) is 11.3 Å². The normalized spacial score (nSPS) is 9.94. The van der Waals surface area contributed by atoms with Crippen molar-refractivity contribution in [2.45, 2.75) is 0 Å². The Morgan fingerprint density at radius 2 is 2.00 bits per heavy atom. The number of nitrogens with zero attached hydrogens (tertiary/aromatic N) is 1. The van der Waals surface area contributed by atoms with Gasteiger partial charge in [-0.05, 0) is 46.9 Å². The van der Waals surface area contributed by atoms with E-state index in [4.69, 9.17) is 5.73 Å². The van der Waals surface area contributed by atoms with Crippen molar-refractivity contribution in [3.8, 4) is 0 Å². The molecule has 0 saturated heterocycles. The van der Waals surface area contributed by atoms with E-state index in [2.05, 4.69) is 32.9 Å². The zero-order valence-corrected chi connectivity index (χ0v) is 11.0. The first-order chi connectivity index (χ1) is 8.16. The summed E-state index contributed by atoms with van der Waals surface area (Å²) >= 11 is 2.17. The van der Waals surface area contributed by atoms with Crippen molar-refractivity contribution in [3.05, 3.63) is 51.7 Å². The predicted molar refractivity (Wildman–Crippen MR) is 75.8 cm³/mol. The van der Waals surface area contributed by atoms with Crippen LogP contribution in [0.4, 0.5) is 11.5 Å². The fourth-order valence-corrected chi connectivity index (χ4v) is 1.82. The number of anilines is 2. The Morgan fingerprint density at radius 3 is 2.65 bits per heavy atom. The summed E-state index contributed by atoms with van der Waals surface area (Å²) in [7, 11) is 0. The molecule has 0 atom stereocenters. The fourth-order valence-electron chi connectivity index (χ4n) is 1.30. The lowest BCUT2D eigenvalue weighted by Crippen LogP contribution is -2.13. The van der Waals surface area contributed by atoms with Gasteiger partial charge in [-0.1, -0.05) is 12.1 Å². The largest absolute Gasteiger partial charge is 0.384 e. The molecule has 3 N–H and O–H groups in total. The molecule has 0 aliphatic rings. The van der Waals surface area contributed by atoms with Crippen LogP contribution in [0.3, 0.4) is 0 Å². The van der Waals surface area contributed by atoms with E-state index in [1.165, 1.54) is 6.20 Å². The van der Waals surface area contributed by atoms with Crippen LogP contribution in [0.15, 0.2) is 42.6 Å². The van der Waals surface area contributed by atoms with Gasteiger partial charge in [-0.2, -0.15) is 0 Å². The molecule has 5 heteroatoms. The maximum atomic E-state index is 11.9. The highest BCUT2D eigenvalue weighted by Gasteiger charge is 2.07. The van der Waals surface area contributed by atoms with Crippen molar-refractivity contribution in [2.24, 2.45) is 0 Å². The van der Waals surface area contributed by atoms with Crippen LogP contribution in [0.5, 0.6) is 0 Å². The van der Waals surface area contributed by atoms with Crippen molar-refractivity contribution < 1.29 is 4.79 Å². The number of nitrogen functional groups attached to an aromatic ring is 1. The summed E-state index contributed by atoms with van der Waals surface area (Å²) < 4.78 is 0.988. The Morgan fingerprint density at radius 1 is 1.24 bits per heavy atom. The lowest BCUT2D eigenvalue weighted by molar-refractivity contribution is 0.102. The van der Waals surface area contributed by atoms with Crippen molar-refractivity contribution >= 4 is 40.0 Å². The summed E-state index contributed by atoms with van der Waals surface area (Å²) in [6.07, 6.45) is 1.46. The molecular weight excluding hydrogens is 329 g/mol. The summed E-state index contributed by atoms with van der Waals surface area (Å²) in [5.74, 6) is 0.206. The van der Waals surface area contributed by atoms with Gasteiger partial charge in [-0.25, -0.2) is 4.98 Å². The summed E-state index contributed by atoms with van der Waals surface area (Å²) in [6.45, 7) is 0. The van der Waals surface area contributed by atoms with Crippen LogP contribution in [0.1, 0.15) is 10.4 Å². The van der Waals surface area contributed by atoms with E-state index in [-0.39, 0.29) is 5.91 Å². The smallest absolute Gasteiger partial charge is 0.257 e. The molecule has 0 spiro atoms. The highest BCUT2D eigenvalue weighted by molar-refractivity contribution is 14.1. The Labute approximate surface area is 112 Å². The molecule has 0 unspecified atom stereocenters. The second kappa shape index (κ2) is 5.13. The molecule has 0 bridgehead atoms. The van der Waals surface area contributed by atoms with Crippen molar-refractivity contribution in [3.63, 3.8) is 0 Å². The van der Waals surface area contributed by atoms with Crippen molar-refractivity contribution in [1.29, 1.82) is 0 Å². The first-order valence-electron chi connectivity index (χ1n) is 4.94. The maximum absolute atomic E-state index is 11.9. The number of nitrogens with one attached hydrogen (secondary N) is 1. The molecule has 4 nitrogen and oxygen atoms in total. The van der Waals surface area contributed by atoms with Crippen LogP contribution >= 0.6 is 22.6 Å². The molecule has 17 heavy (non-hydrogen) atoms. The minimum atomic E-state index is -0.193. The first kappa shape index (κ1) is 11.8. The third-order valence-electron chi connectivity index (χ3n) is 2.17. The first-order valence-corrected chi connectivity index (χ1v) is 6.02. The predicted octanol–water partition coefficient (Wildman–Crippen LogP) is 2.52. The molecule has 2 rings (SSSR count). The third kappa shape index (κ3) is 2.94. The van der Waals surface area contributed by atoms with E-state index in [1.54, 1.807) is 12.1 Å². The van der Waals surface area contributed by atoms with Crippen molar-refractivity contribution in [2.75, 3.05) is 11.1 Å². The van der Waals surface area contributed by atoms with Crippen molar-refractivity contribution in [1.82, 2.24) is 4.98 Å². The van der Waals surface area contributed by atoms with E-state index in [0.29, 0.717) is 11.4 Å². The van der Waals surface area contributed by atoms with E-state index in [0.717, 1.165) is 9.26 Å². The second-order valence-corrected chi connectivity index (χ2v) is 4.57. The number of hydrogen-bond donors (Lipinski definition) is 2. The maximum Gasteiger partial charge on any atom is 0.257 e. The number of amides is 1. The van der Waals surface area contributed by atoms with Crippen LogP contribution in [0.2, 0.25) is 0 Å². The summed E-state index contributed by atoms with van der Waals surface area (Å²) in [6, 6.07) is 10.8. The number of aromatic nitrogens is 1. The van der Waals surface area contributed by atoms with E-state index in [9.17, 15) is 4.79 Å². The van der Waals surface area contributed by atoms with Crippen LogP contribution in [0.25, 0.3) is 0 Å². The van der Waals surface area contributed by atoms with Crippen LogP contribution in [0, 0.1) is 3.57 Å². The Bertz CT molecular complexity index is 540. The number of nitrogens with two attached hydrogens (primary N) is 1. The molecule has 1 aromatic heterocycles. The number of hydrogen-bond acceptors (Lipinski definition) is 3. The van der Waals surface area contributed by atoms with Gasteiger partial charge in [-0.15, -0.1) is 0 Å².